The molecule has 0 spiro atoms. The van der Waals surface area contributed by atoms with Crippen LogP contribution in [0.4, 0.5) is 20.2 Å². The normalized spacial score (nSPS) is 24.6. The highest BCUT2D eigenvalue weighted by atomic mass is 19.1. The zero-order valence-corrected chi connectivity index (χ0v) is 9.72. The van der Waals surface area contributed by atoms with Crippen LogP contribution in [0.1, 0.15) is 19.8 Å². The van der Waals surface area contributed by atoms with Crippen LogP contribution >= 0.6 is 0 Å². The number of rotatable bonds is 2. The third-order valence-electron chi connectivity index (χ3n) is 2.97. The number of nitrogen functional groups attached to an aromatic ring is 1. The van der Waals surface area contributed by atoms with Crippen molar-refractivity contribution in [2.45, 2.75) is 25.3 Å². The fraction of sp³-hybridized carbons (Fsp3) is 0.500. The van der Waals surface area contributed by atoms with Crippen LogP contribution in [-0.2, 0) is 4.74 Å². The largest absolute Gasteiger partial charge is 0.395 e. The first-order chi connectivity index (χ1) is 8.00. The molecule has 5 heteroatoms. The summed E-state index contributed by atoms with van der Waals surface area (Å²) in [6.45, 7) is 3.18. The summed E-state index contributed by atoms with van der Waals surface area (Å²) in [5.41, 5.74) is 5.49. The van der Waals surface area contributed by atoms with E-state index in [1.165, 1.54) is 6.07 Å². The van der Waals surface area contributed by atoms with Gasteiger partial charge in [0.1, 0.15) is 5.82 Å². The highest BCUT2D eigenvalue weighted by Crippen LogP contribution is 2.29. The molecule has 94 valence electrons. The lowest BCUT2D eigenvalue weighted by Crippen LogP contribution is -2.43. The minimum absolute atomic E-state index is 0.0572. The van der Waals surface area contributed by atoms with Crippen molar-refractivity contribution in [2.75, 3.05) is 24.3 Å². The Morgan fingerprint density at radius 1 is 1.41 bits per heavy atom. The molecular weight excluding hydrogens is 226 g/mol. The van der Waals surface area contributed by atoms with Crippen LogP contribution in [0.2, 0.25) is 0 Å². The minimum Gasteiger partial charge on any atom is -0.395 e. The standard InChI is InChI=1S/C12H16F2N2O/c1-12(3-2-4-17-7-12)16-10-6-8(13)5-9(14)11(10)15/h5-6,16H,2-4,7,15H2,1H3. The second kappa shape index (κ2) is 4.49. The van der Waals surface area contributed by atoms with Gasteiger partial charge in [0.2, 0.25) is 0 Å². The highest BCUT2D eigenvalue weighted by Gasteiger charge is 2.28. The molecule has 1 unspecified atom stereocenters. The number of halogens is 2. The molecule has 2 rings (SSSR count). The number of hydrogen-bond donors (Lipinski definition) is 2. The lowest BCUT2D eigenvalue weighted by atomic mass is 9.94. The first-order valence-electron chi connectivity index (χ1n) is 5.61. The third kappa shape index (κ3) is 2.66. The Morgan fingerprint density at radius 2 is 2.18 bits per heavy atom. The number of benzene rings is 1. The van der Waals surface area contributed by atoms with Gasteiger partial charge in [-0.2, -0.15) is 0 Å². The molecule has 17 heavy (non-hydrogen) atoms. The summed E-state index contributed by atoms with van der Waals surface area (Å²) < 4.78 is 31.8. The van der Waals surface area contributed by atoms with Crippen molar-refractivity contribution < 1.29 is 13.5 Å². The zero-order valence-electron chi connectivity index (χ0n) is 9.72. The van der Waals surface area contributed by atoms with Crippen LogP contribution in [0.5, 0.6) is 0 Å². The van der Waals surface area contributed by atoms with Crippen LogP contribution < -0.4 is 11.1 Å². The molecule has 0 amide bonds. The molecule has 0 radical (unpaired) electrons. The first-order valence-corrected chi connectivity index (χ1v) is 5.61. The molecule has 0 bridgehead atoms. The molecule has 0 aliphatic carbocycles. The summed E-state index contributed by atoms with van der Waals surface area (Å²) in [5, 5.41) is 3.08. The van der Waals surface area contributed by atoms with Gasteiger partial charge >= 0.3 is 0 Å². The average molecular weight is 242 g/mol. The summed E-state index contributed by atoms with van der Waals surface area (Å²) in [7, 11) is 0. The van der Waals surface area contributed by atoms with E-state index in [0.717, 1.165) is 25.5 Å². The molecule has 1 heterocycles. The predicted molar refractivity (Wildman–Crippen MR) is 62.9 cm³/mol. The Labute approximate surface area is 98.9 Å². The number of nitrogens with two attached hydrogens (primary N) is 1. The Balaban J connectivity index is 2.23. The van der Waals surface area contributed by atoms with Gasteiger partial charge in [-0.1, -0.05) is 0 Å². The van der Waals surface area contributed by atoms with Gasteiger partial charge in [0.15, 0.2) is 5.82 Å². The highest BCUT2D eigenvalue weighted by molar-refractivity contribution is 5.67. The molecule has 1 fully saturated rings. The van der Waals surface area contributed by atoms with Crippen molar-refractivity contribution in [1.82, 2.24) is 0 Å². The summed E-state index contributed by atoms with van der Waals surface area (Å²) in [4.78, 5) is 0. The van der Waals surface area contributed by atoms with Crippen molar-refractivity contribution in [1.29, 1.82) is 0 Å². The van der Waals surface area contributed by atoms with Gasteiger partial charge in [0.05, 0.1) is 23.5 Å². The maximum atomic E-state index is 13.3. The van der Waals surface area contributed by atoms with E-state index in [1.807, 2.05) is 6.92 Å². The number of ether oxygens (including phenoxy) is 1. The second-order valence-electron chi connectivity index (χ2n) is 4.69. The molecule has 3 N–H and O–H groups in total. The molecule has 0 aromatic heterocycles. The van der Waals surface area contributed by atoms with E-state index in [0.29, 0.717) is 6.61 Å². The average Bonchev–Trinajstić information content (AvgIpc) is 2.26. The first kappa shape index (κ1) is 12.1. The van der Waals surface area contributed by atoms with Crippen LogP contribution in [0.15, 0.2) is 12.1 Å². The lowest BCUT2D eigenvalue weighted by Gasteiger charge is -2.35. The predicted octanol–water partition coefficient (Wildman–Crippen LogP) is 2.53. The van der Waals surface area contributed by atoms with Crippen LogP contribution in [0.25, 0.3) is 0 Å². The van der Waals surface area contributed by atoms with E-state index >= 15 is 0 Å². The van der Waals surface area contributed by atoms with E-state index < -0.39 is 11.6 Å². The summed E-state index contributed by atoms with van der Waals surface area (Å²) in [6, 6.07) is 1.98. The molecule has 0 saturated carbocycles. The molecule has 1 aromatic carbocycles. The van der Waals surface area contributed by atoms with Crippen LogP contribution in [-0.4, -0.2) is 18.8 Å². The van der Waals surface area contributed by atoms with Gasteiger partial charge in [-0.05, 0) is 25.8 Å². The van der Waals surface area contributed by atoms with Crippen LogP contribution in [0.3, 0.4) is 0 Å². The number of anilines is 2. The SMILES string of the molecule is CC1(Nc2cc(F)cc(F)c2N)CCCOC1. The fourth-order valence-electron chi connectivity index (χ4n) is 2.05. The lowest BCUT2D eigenvalue weighted by molar-refractivity contribution is 0.0540. The minimum atomic E-state index is -0.743. The maximum Gasteiger partial charge on any atom is 0.151 e. The van der Waals surface area contributed by atoms with Gasteiger partial charge in [-0.15, -0.1) is 0 Å². The smallest absolute Gasteiger partial charge is 0.151 e. The molecule has 1 atom stereocenters. The number of nitrogens with one attached hydrogen (secondary N) is 1. The Hall–Kier alpha value is -1.36. The van der Waals surface area contributed by atoms with E-state index in [1.54, 1.807) is 0 Å². The van der Waals surface area contributed by atoms with Crippen molar-refractivity contribution in [3.8, 4) is 0 Å². The van der Waals surface area contributed by atoms with Crippen molar-refractivity contribution >= 4 is 11.4 Å². The van der Waals surface area contributed by atoms with Gasteiger partial charge in [-0.3, -0.25) is 0 Å². The quantitative estimate of drug-likeness (QED) is 0.783. The molecule has 1 aromatic rings. The third-order valence-corrected chi connectivity index (χ3v) is 2.97. The zero-order chi connectivity index (χ0) is 12.5. The number of hydrogen-bond acceptors (Lipinski definition) is 3. The second-order valence-corrected chi connectivity index (χ2v) is 4.69. The van der Waals surface area contributed by atoms with Gasteiger partial charge in [0.25, 0.3) is 0 Å². The van der Waals surface area contributed by atoms with Gasteiger partial charge in [0, 0.05) is 12.7 Å². The monoisotopic (exact) mass is 242 g/mol. The molecule has 3 nitrogen and oxygen atoms in total. The van der Waals surface area contributed by atoms with E-state index in [2.05, 4.69) is 5.32 Å². The fourth-order valence-corrected chi connectivity index (χ4v) is 2.05. The van der Waals surface area contributed by atoms with Crippen molar-refractivity contribution in [3.63, 3.8) is 0 Å². The Bertz CT molecular complexity index is 417. The van der Waals surface area contributed by atoms with E-state index in [-0.39, 0.29) is 16.9 Å². The topological polar surface area (TPSA) is 47.3 Å². The summed E-state index contributed by atoms with van der Waals surface area (Å²) >= 11 is 0. The van der Waals surface area contributed by atoms with E-state index in [4.69, 9.17) is 10.5 Å². The molecule has 1 aliphatic rings. The van der Waals surface area contributed by atoms with Gasteiger partial charge < -0.3 is 15.8 Å². The van der Waals surface area contributed by atoms with E-state index in [9.17, 15) is 8.78 Å². The summed E-state index contributed by atoms with van der Waals surface area (Å²) in [5.74, 6) is -1.38. The van der Waals surface area contributed by atoms with Crippen molar-refractivity contribution in [2.24, 2.45) is 0 Å². The Morgan fingerprint density at radius 3 is 2.82 bits per heavy atom. The van der Waals surface area contributed by atoms with Crippen molar-refractivity contribution in [3.05, 3.63) is 23.8 Å². The maximum absolute atomic E-state index is 13.3. The molecule has 1 saturated heterocycles. The molecular formula is C12H16F2N2O. The summed E-state index contributed by atoms with van der Waals surface area (Å²) in [6.07, 6.45) is 1.80. The molecule has 1 aliphatic heterocycles. The van der Waals surface area contributed by atoms with Gasteiger partial charge in [-0.25, -0.2) is 8.78 Å². The Kier molecular flexibility index (Phi) is 3.19. The van der Waals surface area contributed by atoms with Crippen LogP contribution in [0, 0.1) is 11.6 Å².